The fourth-order valence-electron chi connectivity index (χ4n) is 5.59. The van der Waals surface area contributed by atoms with E-state index in [0.717, 1.165) is 11.1 Å². The number of ether oxygens (including phenoxy) is 2. The Morgan fingerprint density at radius 2 is 0.904 bits per heavy atom. The van der Waals surface area contributed by atoms with E-state index in [4.69, 9.17) is 9.47 Å². The van der Waals surface area contributed by atoms with Gasteiger partial charge in [-0.2, -0.15) is 0 Å². The van der Waals surface area contributed by atoms with E-state index in [-0.39, 0.29) is 36.0 Å². The van der Waals surface area contributed by atoms with Gasteiger partial charge in [0.25, 0.3) is 11.8 Å². The highest BCUT2D eigenvalue weighted by atomic mass is 16.5. The van der Waals surface area contributed by atoms with E-state index >= 15 is 0 Å². The highest BCUT2D eigenvalue weighted by Gasteiger charge is 2.29. The number of pyridine rings is 1. The standard InChI is InChI=1S/C41H41N5O6/c1-45(30-18-22-32(51-3)23-19-30)40(49)36(26-28-12-7-5-8-13-28)43-38(47)34-16-11-17-35(42-34)39(48)44-37(27-29-14-9-6-10-15-29)41(50)46(2)31-20-24-33(52-4)25-21-31/h5-25,36-37H,26-27H2,1-4H3,(H,43,47)(H,44,48)/t36-,37?/m0/s1. The van der Waals surface area contributed by atoms with Crippen molar-refractivity contribution in [1.29, 1.82) is 0 Å². The van der Waals surface area contributed by atoms with E-state index in [9.17, 15) is 19.2 Å². The number of nitrogens with one attached hydrogen (secondary N) is 2. The summed E-state index contributed by atoms with van der Waals surface area (Å²) < 4.78 is 10.5. The Morgan fingerprint density at radius 1 is 0.538 bits per heavy atom. The number of benzene rings is 4. The smallest absolute Gasteiger partial charge is 0.270 e. The van der Waals surface area contributed by atoms with Crippen LogP contribution in [0.5, 0.6) is 11.5 Å². The molecule has 0 spiro atoms. The van der Waals surface area contributed by atoms with E-state index in [2.05, 4.69) is 15.6 Å². The number of rotatable bonds is 14. The molecule has 1 aromatic heterocycles. The number of hydrogen-bond donors (Lipinski definition) is 2. The van der Waals surface area contributed by atoms with Crippen molar-refractivity contribution in [2.24, 2.45) is 0 Å². The summed E-state index contributed by atoms with van der Waals surface area (Å²) in [5, 5.41) is 5.67. The molecular formula is C41H41N5O6. The normalized spacial score (nSPS) is 11.8. The number of carbonyl (C=O) groups is 4. The molecule has 0 radical (unpaired) electrons. The number of carbonyl (C=O) groups excluding carboxylic acids is 4. The van der Waals surface area contributed by atoms with Crippen LogP contribution in [-0.2, 0) is 22.4 Å². The van der Waals surface area contributed by atoms with Gasteiger partial charge in [0.1, 0.15) is 35.0 Å². The zero-order chi connectivity index (χ0) is 37.0. The van der Waals surface area contributed by atoms with Crippen molar-refractivity contribution in [3.8, 4) is 11.5 Å². The first-order chi connectivity index (χ1) is 25.2. The summed E-state index contributed by atoms with van der Waals surface area (Å²) in [5.74, 6) is -0.673. The van der Waals surface area contributed by atoms with Gasteiger partial charge < -0.3 is 29.9 Å². The molecule has 0 aliphatic carbocycles. The molecule has 52 heavy (non-hydrogen) atoms. The monoisotopic (exact) mass is 699 g/mol. The van der Waals surface area contributed by atoms with Gasteiger partial charge in [-0.3, -0.25) is 19.2 Å². The minimum Gasteiger partial charge on any atom is -0.497 e. The minimum atomic E-state index is -0.956. The summed E-state index contributed by atoms with van der Waals surface area (Å²) >= 11 is 0. The van der Waals surface area contributed by atoms with E-state index < -0.39 is 23.9 Å². The van der Waals surface area contributed by atoms with Crippen molar-refractivity contribution in [2.45, 2.75) is 24.9 Å². The van der Waals surface area contributed by atoms with Crippen LogP contribution in [-0.4, -0.2) is 69.0 Å². The second kappa shape index (κ2) is 17.4. The highest BCUT2D eigenvalue weighted by molar-refractivity contribution is 6.04. The summed E-state index contributed by atoms with van der Waals surface area (Å²) in [6, 6.07) is 35.3. The largest absolute Gasteiger partial charge is 0.497 e. The maximum absolute atomic E-state index is 13.8. The molecule has 0 saturated heterocycles. The van der Waals surface area contributed by atoms with E-state index in [1.165, 1.54) is 28.0 Å². The van der Waals surface area contributed by atoms with Crippen LogP contribution in [0.25, 0.3) is 0 Å². The van der Waals surface area contributed by atoms with Gasteiger partial charge in [-0.25, -0.2) is 4.98 Å². The van der Waals surface area contributed by atoms with Crippen LogP contribution in [0.2, 0.25) is 0 Å². The lowest BCUT2D eigenvalue weighted by Gasteiger charge is -2.25. The molecular weight excluding hydrogens is 658 g/mol. The third kappa shape index (κ3) is 9.39. The second-order valence-corrected chi connectivity index (χ2v) is 12.0. The fourth-order valence-corrected chi connectivity index (χ4v) is 5.59. The number of likely N-dealkylation sites (N-methyl/N-ethyl adjacent to an activating group) is 2. The molecule has 266 valence electrons. The Morgan fingerprint density at radius 3 is 1.25 bits per heavy atom. The van der Waals surface area contributed by atoms with Crippen LogP contribution in [0.3, 0.4) is 0 Å². The van der Waals surface area contributed by atoms with Gasteiger partial charge in [-0.15, -0.1) is 0 Å². The molecule has 2 N–H and O–H groups in total. The Bertz CT molecular complexity index is 1830. The lowest BCUT2D eigenvalue weighted by atomic mass is 10.0. The van der Waals surface area contributed by atoms with E-state index in [1.807, 2.05) is 60.7 Å². The van der Waals surface area contributed by atoms with Gasteiger partial charge in [0.15, 0.2) is 0 Å². The Labute approximate surface area is 303 Å². The van der Waals surface area contributed by atoms with E-state index in [1.54, 1.807) is 76.8 Å². The number of hydrogen-bond acceptors (Lipinski definition) is 7. The van der Waals surface area contributed by atoms with Crippen molar-refractivity contribution in [2.75, 3.05) is 38.1 Å². The highest BCUT2D eigenvalue weighted by Crippen LogP contribution is 2.21. The predicted molar refractivity (Wildman–Crippen MR) is 200 cm³/mol. The number of nitrogens with zero attached hydrogens (tertiary/aromatic N) is 3. The van der Waals surface area contributed by atoms with Crippen molar-refractivity contribution in [1.82, 2.24) is 15.6 Å². The number of aromatic nitrogens is 1. The van der Waals surface area contributed by atoms with E-state index in [0.29, 0.717) is 22.9 Å². The van der Waals surface area contributed by atoms with Gasteiger partial charge in [0.2, 0.25) is 11.8 Å². The Hall–Kier alpha value is -6.49. The first-order valence-electron chi connectivity index (χ1n) is 16.7. The van der Waals surface area contributed by atoms with Crippen LogP contribution in [0.15, 0.2) is 127 Å². The molecule has 0 fully saturated rings. The molecule has 0 bridgehead atoms. The zero-order valence-corrected chi connectivity index (χ0v) is 29.5. The zero-order valence-electron chi connectivity index (χ0n) is 29.5. The molecule has 5 rings (SSSR count). The van der Waals surface area contributed by atoms with Crippen molar-refractivity contribution in [3.63, 3.8) is 0 Å². The number of methoxy groups -OCH3 is 2. The lowest BCUT2D eigenvalue weighted by Crippen LogP contribution is -2.49. The third-order valence-corrected chi connectivity index (χ3v) is 8.57. The van der Waals surface area contributed by atoms with Crippen molar-refractivity contribution < 1.29 is 28.7 Å². The maximum Gasteiger partial charge on any atom is 0.270 e. The van der Waals surface area contributed by atoms with Crippen LogP contribution in [0, 0.1) is 0 Å². The summed E-state index contributed by atoms with van der Waals surface area (Å²) in [6.07, 6.45) is 0.439. The summed E-state index contributed by atoms with van der Waals surface area (Å²) in [6.45, 7) is 0. The van der Waals surface area contributed by atoms with Crippen LogP contribution >= 0.6 is 0 Å². The van der Waals surface area contributed by atoms with Crippen LogP contribution in [0.4, 0.5) is 11.4 Å². The third-order valence-electron chi connectivity index (χ3n) is 8.57. The molecule has 1 heterocycles. The van der Waals surface area contributed by atoms with Gasteiger partial charge >= 0.3 is 0 Å². The molecule has 0 aliphatic heterocycles. The minimum absolute atomic E-state index is 0.0631. The summed E-state index contributed by atoms with van der Waals surface area (Å²) in [5.41, 5.74) is 2.80. The lowest BCUT2D eigenvalue weighted by molar-refractivity contribution is -0.120. The number of amides is 4. The molecule has 0 saturated carbocycles. The Kier molecular flexibility index (Phi) is 12.3. The fraction of sp³-hybridized carbons (Fsp3) is 0.195. The molecule has 11 nitrogen and oxygen atoms in total. The van der Waals surface area contributed by atoms with Crippen LogP contribution in [0.1, 0.15) is 32.1 Å². The molecule has 2 atom stereocenters. The van der Waals surface area contributed by atoms with Gasteiger partial charge in [0, 0.05) is 38.3 Å². The summed E-state index contributed by atoms with van der Waals surface area (Å²) in [4.78, 5) is 62.3. The van der Waals surface area contributed by atoms with Gasteiger partial charge in [0.05, 0.1) is 14.2 Å². The first-order valence-corrected chi connectivity index (χ1v) is 16.7. The molecule has 11 heteroatoms. The molecule has 4 amide bonds. The maximum atomic E-state index is 13.8. The second-order valence-electron chi connectivity index (χ2n) is 12.0. The summed E-state index contributed by atoms with van der Waals surface area (Å²) in [7, 11) is 6.40. The van der Waals surface area contributed by atoms with Gasteiger partial charge in [-0.05, 0) is 71.8 Å². The molecule has 4 aromatic carbocycles. The molecule has 0 aliphatic rings. The van der Waals surface area contributed by atoms with Gasteiger partial charge in [-0.1, -0.05) is 66.7 Å². The van der Waals surface area contributed by atoms with Crippen LogP contribution < -0.4 is 29.9 Å². The molecule has 5 aromatic rings. The quantitative estimate of drug-likeness (QED) is 0.165. The Balaban J connectivity index is 1.35. The predicted octanol–water partition coefficient (Wildman–Crippen LogP) is 5.11. The topological polar surface area (TPSA) is 130 Å². The first kappa shape index (κ1) is 36.8. The number of anilines is 2. The van der Waals surface area contributed by atoms with Crippen molar-refractivity contribution in [3.05, 3.63) is 150 Å². The SMILES string of the molecule is COc1ccc(N(C)C(=O)C(Cc2ccccc2)NC(=O)c2cccc(C(=O)N[C@@H](Cc3ccccc3)C(=O)N(C)c3ccc(OC)cc3)n2)cc1. The van der Waals surface area contributed by atoms with Crippen molar-refractivity contribution >= 4 is 35.0 Å². The average molecular weight is 700 g/mol. The average Bonchev–Trinajstić information content (AvgIpc) is 3.20. The molecule has 1 unspecified atom stereocenters.